The van der Waals surface area contributed by atoms with Gasteiger partial charge in [0.15, 0.2) is 0 Å². The van der Waals surface area contributed by atoms with E-state index in [0.29, 0.717) is 22.1 Å². The van der Waals surface area contributed by atoms with Crippen LogP contribution in [0.5, 0.6) is 0 Å². The lowest BCUT2D eigenvalue weighted by molar-refractivity contribution is 0.655. The van der Waals surface area contributed by atoms with Crippen molar-refractivity contribution in [1.29, 1.82) is 0 Å². The molecule has 0 spiro atoms. The summed E-state index contributed by atoms with van der Waals surface area (Å²) in [7, 11) is 0. The molecule has 0 aliphatic carbocycles. The highest BCUT2D eigenvalue weighted by Crippen LogP contribution is 2.07. The van der Waals surface area contributed by atoms with Crippen LogP contribution in [-0.4, -0.2) is 9.11 Å². The summed E-state index contributed by atoms with van der Waals surface area (Å²) in [5, 5.41) is 0. The summed E-state index contributed by atoms with van der Waals surface area (Å²) in [6.07, 6.45) is 2.64. The molecule has 2 N–H and O–H groups in total. The minimum atomic E-state index is 0.329. The van der Waals surface area contributed by atoms with Gasteiger partial charge in [0.2, 0.25) is 0 Å². The number of hydrogen-bond donors (Lipinski definition) is 2. The van der Waals surface area contributed by atoms with Crippen molar-refractivity contribution < 1.29 is 9.11 Å². The maximum atomic E-state index is 7.50. The van der Waals surface area contributed by atoms with E-state index < -0.39 is 0 Å². The third-order valence-corrected chi connectivity index (χ3v) is 0.800. The molecule has 0 unspecified atom stereocenters. The summed E-state index contributed by atoms with van der Waals surface area (Å²) in [6.45, 7) is 4.36. The van der Waals surface area contributed by atoms with Crippen LogP contribution < -0.4 is 0 Å². The second kappa shape index (κ2) is 15.6. The van der Waals surface area contributed by atoms with Crippen molar-refractivity contribution in [3.8, 4) is 0 Å². The van der Waals surface area contributed by atoms with Crippen LogP contribution in [-0.2, 0) is 0 Å². The van der Waals surface area contributed by atoms with Crippen LogP contribution in [0.3, 0.4) is 0 Å². The summed E-state index contributed by atoms with van der Waals surface area (Å²) in [4.78, 5) is 0. The predicted molar refractivity (Wildman–Crippen MR) is 41.0 cm³/mol. The molecule has 0 saturated carbocycles. The monoisotopic (exact) mass is 156 g/mol. The van der Waals surface area contributed by atoms with Gasteiger partial charge in [0.05, 0.1) is 22.1 Å². The zero-order valence-corrected chi connectivity index (χ0v) is 6.76. The Morgan fingerprint density at radius 2 is 1.25 bits per heavy atom. The summed E-state index contributed by atoms with van der Waals surface area (Å²) in [5.74, 6) is 0. The van der Waals surface area contributed by atoms with Crippen molar-refractivity contribution in [2.24, 2.45) is 0 Å². The molecule has 0 heterocycles. The molecule has 2 nitrogen and oxygen atoms in total. The molecule has 0 rings (SSSR count). The van der Waals surface area contributed by atoms with E-state index in [-0.39, 0.29) is 0 Å². The SMILES string of the molecule is CCCC.OSSO. The van der Waals surface area contributed by atoms with Gasteiger partial charge in [-0.1, -0.05) is 26.7 Å². The van der Waals surface area contributed by atoms with Crippen LogP contribution in [0, 0.1) is 0 Å². The maximum absolute atomic E-state index is 7.50. The predicted octanol–water partition coefficient (Wildman–Crippen LogP) is 3.12. The summed E-state index contributed by atoms with van der Waals surface area (Å²) < 4.78 is 15.0. The molecule has 0 bridgehead atoms. The van der Waals surface area contributed by atoms with E-state index >= 15 is 0 Å². The first kappa shape index (κ1) is 11.4. The Balaban J connectivity index is 0. The zero-order valence-electron chi connectivity index (χ0n) is 5.13. The third kappa shape index (κ3) is 30.5. The maximum Gasteiger partial charge on any atom is 0.0894 e. The third-order valence-electron chi connectivity index (χ3n) is 0.533. The lowest BCUT2D eigenvalue weighted by Gasteiger charge is -1.68. The van der Waals surface area contributed by atoms with Gasteiger partial charge in [-0.25, -0.2) is 0 Å². The van der Waals surface area contributed by atoms with Crippen LogP contribution >= 0.6 is 22.1 Å². The molecule has 0 aromatic heterocycles. The van der Waals surface area contributed by atoms with Crippen LogP contribution in [0.4, 0.5) is 0 Å². The lowest BCUT2D eigenvalue weighted by Crippen LogP contribution is -1.47. The molecule has 0 amide bonds. The van der Waals surface area contributed by atoms with E-state index in [1.165, 1.54) is 12.8 Å². The van der Waals surface area contributed by atoms with Crippen molar-refractivity contribution in [1.82, 2.24) is 0 Å². The fourth-order valence-electron chi connectivity index (χ4n) is 0. The van der Waals surface area contributed by atoms with Gasteiger partial charge in [-0.15, -0.1) is 0 Å². The van der Waals surface area contributed by atoms with Crippen molar-refractivity contribution in [2.45, 2.75) is 26.7 Å². The molecule has 8 heavy (non-hydrogen) atoms. The Morgan fingerprint density at radius 1 is 1.00 bits per heavy atom. The van der Waals surface area contributed by atoms with Gasteiger partial charge in [-0.2, -0.15) is 0 Å². The van der Waals surface area contributed by atoms with Gasteiger partial charge < -0.3 is 9.11 Å². The number of hydrogen-bond acceptors (Lipinski definition) is 4. The van der Waals surface area contributed by atoms with Gasteiger partial charge in [-0.3, -0.25) is 0 Å². The smallest absolute Gasteiger partial charge is 0.0894 e. The van der Waals surface area contributed by atoms with Crippen LogP contribution in [0.15, 0.2) is 0 Å². The highest BCUT2D eigenvalue weighted by atomic mass is 33.1. The standard InChI is InChI=1S/C4H10.H2O2S2/c2*1-3-4-2/h3-4H2,1-2H3;1-2H. The van der Waals surface area contributed by atoms with Gasteiger partial charge in [0.25, 0.3) is 0 Å². The highest BCUT2D eigenvalue weighted by Gasteiger charge is 1.61. The molecule has 0 fully saturated rings. The number of unbranched alkanes of at least 4 members (excludes halogenated alkanes) is 1. The summed E-state index contributed by atoms with van der Waals surface area (Å²) in [6, 6.07) is 0. The lowest BCUT2D eigenvalue weighted by atomic mass is 10.4. The Labute approximate surface area is 58.5 Å². The van der Waals surface area contributed by atoms with Crippen molar-refractivity contribution in [3.63, 3.8) is 0 Å². The molecule has 4 heteroatoms. The average Bonchev–Trinajstić information content (AvgIpc) is 1.88. The Hall–Kier alpha value is 0.620. The quantitative estimate of drug-likeness (QED) is 0.476. The molecule has 0 aliphatic rings. The van der Waals surface area contributed by atoms with Crippen molar-refractivity contribution in [2.75, 3.05) is 0 Å². The number of rotatable bonds is 2. The van der Waals surface area contributed by atoms with E-state index in [9.17, 15) is 0 Å². The largest absolute Gasteiger partial charge is 0.319 e. The summed E-state index contributed by atoms with van der Waals surface area (Å²) in [5.41, 5.74) is 0. The Kier molecular flexibility index (Phi) is 22.3. The molecule has 0 saturated heterocycles. The highest BCUT2D eigenvalue weighted by molar-refractivity contribution is 8.72. The normalized spacial score (nSPS) is 7.50. The second-order valence-corrected chi connectivity index (χ2v) is 2.34. The summed E-state index contributed by atoms with van der Waals surface area (Å²) >= 11 is 0.657. The van der Waals surface area contributed by atoms with Crippen molar-refractivity contribution in [3.05, 3.63) is 0 Å². The van der Waals surface area contributed by atoms with E-state index in [2.05, 4.69) is 13.8 Å². The molecule has 52 valence electrons. The molecule has 0 aromatic rings. The van der Waals surface area contributed by atoms with Gasteiger partial charge in [0.1, 0.15) is 0 Å². The van der Waals surface area contributed by atoms with Crippen LogP contribution in [0.25, 0.3) is 0 Å². The average molecular weight is 156 g/mol. The van der Waals surface area contributed by atoms with Gasteiger partial charge in [-0.05, 0) is 0 Å². The van der Waals surface area contributed by atoms with Crippen LogP contribution in [0.2, 0.25) is 0 Å². The minimum Gasteiger partial charge on any atom is -0.319 e. The van der Waals surface area contributed by atoms with Gasteiger partial charge >= 0.3 is 0 Å². The van der Waals surface area contributed by atoms with E-state index in [0.717, 1.165) is 0 Å². The molecule has 0 aromatic carbocycles. The molecule has 0 atom stereocenters. The molecular formula is C4H12O2S2. The fraction of sp³-hybridized carbons (Fsp3) is 1.00. The second-order valence-electron chi connectivity index (χ2n) is 1.15. The first-order valence-electron chi connectivity index (χ1n) is 2.45. The fourth-order valence-corrected chi connectivity index (χ4v) is 0. The van der Waals surface area contributed by atoms with Gasteiger partial charge in [0, 0.05) is 0 Å². The first-order valence-corrected chi connectivity index (χ1v) is 4.51. The van der Waals surface area contributed by atoms with Crippen molar-refractivity contribution >= 4 is 22.1 Å². The first-order chi connectivity index (χ1) is 3.83. The van der Waals surface area contributed by atoms with E-state index in [1.54, 1.807) is 0 Å². The Morgan fingerprint density at radius 3 is 1.25 bits per heavy atom. The van der Waals surface area contributed by atoms with Crippen LogP contribution in [0.1, 0.15) is 26.7 Å². The van der Waals surface area contributed by atoms with E-state index in [4.69, 9.17) is 9.11 Å². The molecule has 0 aliphatic heterocycles. The molecular weight excluding hydrogens is 144 g/mol. The minimum absolute atomic E-state index is 0.329. The molecule has 0 radical (unpaired) electrons. The Bertz CT molecular complexity index is 20.0. The zero-order chi connectivity index (χ0) is 6.83. The van der Waals surface area contributed by atoms with E-state index in [1.807, 2.05) is 0 Å². The topological polar surface area (TPSA) is 40.5 Å².